The fourth-order valence-corrected chi connectivity index (χ4v) is 3.46. The van der Waals surface area contributed by atoms with Crippen LogP contribution in [0.25, 0.3) is 11.0 Å². The smallest absolute Gasteiger partial charge is 0.286 e. The summed E-state index contributed by atoms with van der Waals surface area (Å²) in [5, 5.41) is 3.31. The van der Waals surface area contributed by atoms with E-state index < -0.39 is 11.8 Å². The lowest BCUT2D eigenvalue weighted by molar-refractivity contribution is -0.122. The van der Waals surface area contributed by atoms with Crippen LogP contribution in [-0.4, -0.2) is 31.4 Å². The van der Waals surface area contributed by atoms with Gasteiger partial charge in [0.05, 0.1) is 13.0 Å². The third-order valence-electron chi connectivity index (χ3n) is 4.95. The molecule has 1 fully saturated rings. The zero-order valence-corrected chi connectivity index (χ0v) is 15.7. The molecule has 8 nitrogen and oxygen atoms in total. The number of hydrogen-bond acceptors (Lipinski definition) is 5. The molecular weight excluding hydrogens is 374 g/mol. The van der Waals surface area contributed by atoms with Gasteiger partial charge in [0.15, 0.2) is 0 Å². The molecule has 1 saturated heterocycles. The Morgan fingerprint density at radius 2 is 1.90 bits per heavy atom. The van der Waals surface area contributed by atoms with Gasteiger partial charge in [-0.15, -0.1) is 0 Å². The summed E-state index contributed by atoms with van der Waals surface area (Å²) < 4.78 is 10.6. The van der Waals surface area contributed by atoms with Crippen molar-refractivity contribution in [1.82, 2.24) is 0 Å². The van der Waals surface area contributed by atoms with Gasteiger partial charge in [0.2, 0.25) is 17.6 Å². The van der Waals surface area contributed by atoms with E-state index in [9.17, 15) is 14.4 Å². The molecule has 29 heavy (non-hydrogen) atoms. The lowest BCUT2D eigenvalue weighted by atomic mass is 10.1. The lowest BCUT2D eigenvalue weighted by Crippen LogP contribution is -2.28. The Labute approximate surface area is 166 Å². The number of para-hydroxylation sites is 1. The standard InChI is InChI=1S/C21H19N3O5/c1-28-14-8-6-13(7-9-14)24-11-12(10-17(24)25)21(27)23-18-15-4-2-3-5-16(15)29-19(18)20(22)26/h2-9,12H,10-11H2,1H3,(H2,22,26)(H,23,27)/t12-/m1/s1. The highest BCUT2D eigenvalue weighted by molar-refractivity contribution is 6.12. The Kier molecular flexibility index (Phi) is 4.67. The second-order valence-electron chi connectivity index (χ2n) is 6.76. The Bertz CT molecular complexity index is 1100. The number of hydrogen-bond donors (Lipinski definition) is 2. The molecular formula is C21H19N3O5. The summed E-state index contributed by atoms with van der Waals surface area (Å²) in [6.07, 6.45) is 0.0690. The van der Waals surface area contributed by atoms with Crippen molar-refractivity contribution in [2.75, 3.05) is 23.9 Å². The van der Waals surface area contributed by atoms with Crippen LogP contribution in [0.2, 0.25) is 0 Å². The molecule has 0 radical (unpaired) electrons. The molecule has 1 aromatic heterocycles. The maximum atomic E-state index is 12.9. The third kappa shape index (κ3) is 3.40. The minimum Gasteiger partial charge on any atom is -0.497 e. The van der Waals surface area contributed by atoms with Crippen LogP contribution >= 0.6 is 0 Å². The van der Waals surface area contributed by atoms with E-state index in [1.54, 1.807) is 60.5 Å². The van der Waals surface area contributed by atoms with Crippen LogP contribution in [0.4, 0.5) is 11.4 Å². The second-order valence-corrected chi connectivity index (χ2v) is 6.76. The largest absolute Gasteiger partial charge is 0.497 e. The molecule has 0 saturated carbocycles. The molecule has 1 aliphatic rings. The van der Waals surface area contributed by atoms with Gasteiger partial charge in [-0.05, 0) is 36.4 Å². The average Bonchev–Trinajstić information content (AvgIpc) is 3.29. The topological polar surface area (TPSA) is 115 Å². The summed E-state index contributed by atoms with van der Waals surface area (Å²) in [4.78, 5) is 38.6. The van der Waals surface area contributed by atoms with Gasteiger partial charge in [-0.3, -0.25) is 14.4 Å². The minimum atomic E-state index is -0.779. The summed E-state index contributed by atoms with van der Waals surface area (Å²) in [6, 6.07) is 14.0. The van der Waals surface area contributed by atoms with Crippen LogP contribution < -0.4 is 20.7 Å². The lowest BCUT2D eigenvalue weighted by Gasteiger charge is -2.17. The van der Waals surface area contributed by atoms with Gasteiger partial charge >= 0.3 is 0 Å². The number of rotatable bonds is 5. The first kappa shape index (κ1) is 18.5. The quantitative estimate of drug-likeness (QED) is 0.691. The Morgan fingerprint density at radius 3 is 2.59 bits per heavy atom. The number of carbonyl (C=O) groups is 3. The van der Waals surface area contributed by atoms with Gasteiger partial charge in [-0.1, -0.05) is 12.1 Å². The maximum absolute atomic E-state index is 12.9. The number of nitrogens with zero attached hydrogens (tertiary/aromatic N) is 1. The number of nitrogens with one attached hydrogen (secondary N) is 1. The molecule has 3 amide bonds. The molecule has 2 aromatic carbocycles. The van der Waals surface area contributed by atoms with Crippen LogP contribution in [0.15, 0.2) is 52.9 Å². The van der Waals surface area contributed by atoms with E-state index in [0.717, 1.165) is 0 Å². The van der Waals surface area contributed by atoms with Crippen molar-refractivity contribution in [2.45, 2.75) is 6.42 Å². The third-order valence-corrected chi connectivity index (χ3v) is 4.95. The molecule has 8 heteroatoms. The van der Waals surface area contributed by atoms with E-state index in [2.05, 4.69) is 5.32 Å². The highest BCUT2D eigenvalue weighted by Gasteiger charge is 2.36. The van der Waals surface area contributed by atoms with E-state index in [4.69, 9.17) is 14.9 Å². The normalized spacial score (nSPS) is 16.2. The monoisotopic (exact) mass is 393 g/mol. The fourth-order valence-electron chi connectivity index (χ4n) is 3.46. The van der Waals surface area contributed by atoms with Gasteiger partial charge in [0.25, 0.3) is 5.91 Å². The minimum absolute atomic E-state index is 0.0690. The molecule has 0 bridgehead atoms. The van der Waals surface area contributed by atoms with E-state index in [1.165, 1.54) is 0 Å². The van der Waals surface area contributed by atoms with Gasteiger partial charge in [0.1, 0.15) is 17.0 Å². The summed E-state index contributed by atoms with van der Waals surface area (Å²) in [6.45, 7) is 0.235. The summed E-state index contributed by atoms with van der Waals surface area (Å²) in [5.74, 6) is -1.31. The predicted molar refractivity (Wildman–Crippen MR) is 107 cm³/mol. The molecule has 2 heterocycles. The van der Waals surface area contributed by atoms with Gasteiger partial charge in [0, 0.05) is 24.0 Å². The van der Waals surface area contributed by atoms with Gasteiger partial charge in [-0.2, -0.15) is 0 Å². The Hall–Kier alpha value is -3.81. The molecule has 3 aromatic rings. The number of methoxy groups -OCH3 is 1. The molecule has 1 atom stereocenters. The molecule has 0 aliphatic carbocycles. The number of benzene rings is 2. The van der Waals surface area contributed by atoms with Crippen LogP contribution in [0, 0.1) is 5.92 Å². The zero-order chi connectivity index (χ0) is 20.5. The van der Waals surface area contributed by atoms with E-state index in [-0.39, 0.29) is 36.2 Å². The average molecular weight is 393 g/mol. The van der Waals surface area contributed by atoms with E-state index in [0.29, 0.717) is 22.4 Å². The Balaban J connectivity index is 1.55. The van der Waals surface area contributed by atoms with Crippen molar-refractivity contribution < 1.29 is 23.5 Å². The highest BCUT2D eigenvalue weighted by atomic mass is 16.5. The molecule has 0 unspecified atom stereocenters. The van der Waals surface area contributed by atoms with Gasteiger partial charge in [-0.25, -0.2) is 0 Å². The summed E-state index contributed by atoms with van der Waals surface area (Å²) in [7, 11) is 1.57. The van der Waals surface area contributed by atoms with Crippen molar-refractivity contribution in [3.8, 4) is 5.75 Å². The highest BCUT2D eigenvalue weighted by Crippen LogP contribution is 2.32. The number of amides is 3. The van der Waals surface area contributed by atoms with Crippen molar-refractivity contribution in [2.24, 2.45) is 11.7 Å². The molecule has 1 aliphatic heterocycles. The van der Waals surface area contributed by atoms with Crippen molar-refractivity contribution in [1.29, 1.82) is 0 Å². The number of primary amides is 1. The number of anilines is 2. The number of carbonyl (C=O) groups excluding carboxylic acids is 3. The molecule has 148 valence electrons. The van der Waals surface area contributed by atoms with Crippen LogP contribution in [-0.2, 0) is 9.59 Å². The van der Waals surface area contributed by atoms with E-state index in [1.807, 2.05) is 0 Å². The van der Waals surface area contributed by atoms with Gasteiger partial charge < -0.3 is 25.1 Å². The van der Waals surface area contributed by atoms with Crippen molar-refractivity contribution in [3.05, 3.63) is 54.3 Å². The summed E-state index contributed by atoms with van der Waals surface area (Å²) in [5.41, 5.74) is 6.76. The molecule has 0 spiro atoms. The van der Waals surface area contributed by atoms with E-state index >= 15 is 0 Å². The van der Waals surface area contributed by atoms with Crippen molar-refractivity contribution >= 4 is 40.1 Å². The summed E-state index contributed by atoms with van der Waals surface area (Å²) >= 11 is 0. The SMILES string of the molecule is COc1ccc(N2C[C@H](C(=O)Nc3c(C(N)=O)oc4ccccc34)CC2=O)cc1. The first-order chi connectivity index (χ1) is 14.0. The second kappa shape index (κ2) is 7.31. The van der Waals surface area contributed by atoms with Crippen molar-refractivity contribution in [3.63, 3.8) is 0 Å². The predicted octanol–water partition coefficient (Wildman–Crippen LogP) is 2.53. The van der Waals surface area contributed by atoms with Crippen LogP contribution in [0.3, 0.4) is 0 Å². The number of nitrogens with two attached hydrogens (primary N) is 1. The molecule has 4 rings (SSSR count). The number of ether oxygens (including phenoxy) is 1. The maximum Gasteiger partial charge on any atom is 0.286 e. The van der Waals surface area contributed by atoms with Crippen LogP contribution in [0.1, 0.15) is 17.0 Å². The molecule has 3 N–H and O–H groups in total. The Morgan fingerprint density at radius 1 is 1.17 bits per heavy atom. The first-order valence-corrected chi connectivity index (χ1v) is 9.04. The first-order valence-electron chi connectivity index (χ1n) is 9.04. The number of furan rings is 1. The number of fused-ring (bicyclic) bond motifs is 1. The zero-order valence-electron chi connectivity index (χ0n) is 15.7. The fraction of sp³-hybridized carbons (Fsp3) is 0.190. The van der Waals surface area contributed by atoms with Crippen LogP contribution in [0.5, 0.6) is 5.75 Å².